The zero-order valence-electron chi connectivity index (χ0n) is 13.7. The minimum absolute atomic E-state index is 0.834. The molecule has 4 aromatic carbocycles. The summed E-state index contributed by atoms with van der Waals surface area (Å²) in [6.45, 7) is 0. The summed E-state index contributed by atoms with van der Waals surface area (Å²) in [4.78, 5) is 0. The van der Waals surface area contributed by atoms with Crippen LogP contribution < -0.4 is 9.16 Å². The van der Waals surface area contributed by atoms with Gasteiger partial charge >= 0.3 is 12.3 Å². The van der Waals surface area contributed by atoms with Gasteiger partial charge in [0.2, 0.25) is 0 Å². The van der Waals surface area contributed by atoms with E-state index in [1.165, 1.54) is 16.2 Å². The molecule has 0 unspecified atom stereocenters. The highest BCUT2D eigenvalue weighted by Crippen LogP contribution is 2.35. The van der Waals surface area contributed by atoms with Crippen LogP contribution in [0.25, 0.3) is 32.7 Å². The molecule has 0 fully saturated rings. The van der Waals surface area contributed by atoms with Crippen LogP contribution in [0.2, 0.25) is 0 Å². The summed E-state index contributed by atoms with van der Waals surface area (Å²) >= 11 is -2.10. The fraction of sp³-hybridized carbons (Fsp3) is 0.0476. The Morgan fingerprint density at radius 3 is 1.76 bits per heavy atom. The molecule has 4 heteroatoms. The number of rotatable bonds is 3. The smallest absolute Gasteiger partial charge is 0.497 e. The van der Waals surface area contributed by atoms with Crippen molar-refractivity contribution in [2.45, 2.75) is 0 Å². The Labute approximate surface area is 159 Å². The molecule has 0 amide bonds. The van der Waals surface area contributed by atoms with E-state index in [0.29, 0.717) is 0 Å². The molecule has 4 aromatic rings. The molecule has 0 bridgehead atoms. The molecule has 0 heterocycles. The summed E-state index contributed by atoms with van der Waals surface area (Å²) in [6.07, 6.45) is 0. The van der Waals surface area contributed by atoms with Crippen molar-refractivity contribution in [2.24, 2.45) is 0 Å². The number of methoxy groups -OCH3 is 1. The highest BCUT2D eigenvalue weighted by molar-refractivity contribution is 7.40. The van der Waals surface area contributed by atoms with Crippen molar-refractivity contribution in [3.63, 3.8) is 0 Å². The fourth-order valence-corrected chi connectivity index (χ4v) is 5.85. The largest absolute Gasteiger partial charge is 0.556 e. The predicted molar refractivity (Wildman–Crippen MR) is 111 cm³/mol. The molecular weight excluding hydrogens is 366 g/mol. The monoisotopic (exact) mass is 380 g/mol. The van der Waals surface area contributed by atoms with E-state index >= 15 is 0 Å². The molecule has 0 aliphatic heterocycles. The third kappa shape index (κ3) is 2.90. The Morgan fingerprint density at radius 2 is 1.20 bits per heavy atom. The number of hydrogen-bond donors (Lipinski definition) is 0. The van der Waals surface area contributed by atoms with Crippen molar-refractivity contribution < 1.29 is 4.74 Å². The number of hydrogen-bond acceptors (Lipinski definition) is 1. The minimum Gasteiger partial charge on any atom is -0.497 e. The van der Waals surface area contributed by atoms with Gasteiger partial charge in [-0.3, -0.25) is 0 Å². The van der Waals surface area contributed by atoms with Crippen LogP contribution in [-0.4, -0.2) is 19.4 Å². The van der Waals surface area contributed by atoms with Gasteiger partial charge in [0.15, 0.2) is 0 Å². The molecule has 122 valence electrons. The van der Waals surface area contributed by atoms with Crippen molar-refractivity contribution in [2.75, 3.05) is 7.11 Å². The van der Waals surface area contributed by atoms with E-state index in [0.717, 1.165) is 26.7 Å². The van der Waals surface area contributed by atoms with Gasteiger partial charge in [0.1, 0.15) is 5.75 Å². The van der Waals surface area contributed by atoms with Crippen molar-refractivity contribution in [3.05, 3.63) is 72.8 Å². The zero-order chi connectivity index (χ0) is 17.4. The molecule has 0 aliphatic carbocycles. The van der Waals surface area contributed by atoms with Crippen LogP contribution >= 0.6 is 20.1 Å². The summed E-state index contributed by atoms with van der Waals surface area (Å²) in [7, 11) is 14.8. The van der Waals surface area contributed by atoms with E-state index in [2.05, 4.69) is 54.6 Å². The molecule has 0 spiro atoms. The number of ether oxygens (including phenoxy) is 1. The quantitative estimate of drug-likeness (QED) is 0.320. The molecule has 0 N–H and O–H groups in total. The first kappa shape index (κ1) is 16.8. The first-order valence-electron chi connectivity index (χ1n) is 8.06. The van der Waals surface area contributed by atoms with Crippen LogP contribution in [0.3, 0.4) is 0 Å². The Bertz CT molecular complexity index is 1060. The van der Waals surface area contributed by atoms with Gasteiger partial charge in [-0.15, -0.1) is 0 Å². The lowest BCUT2D eigenvalue weighted by Crippen LogP contribution is -2.22. The topological polar surface area (TPSA) is 9.23 Å². The van der Waals surface area contributed by atoms with Crippen LogP contribution in [0.1, 0.15) is 0 Å². The summed E-state index contributed by atoms with van der Waals surface area (Å²) in [5.74, 6) is 0.834. The van der Waals surface area contributed by atoms with Crippen LogP contribution in [0.15, 0.2) is 72.8 Å². The lowest BCUT2D eigenvalue weighted by atomic mass is 9.93. The molecular formula is C21H15AlCl2O. The Balaban J connectivity index is 2.17. The Morgan fingerprint density at radius 1 is 0.680 bits per heavy atom. The van der Waals surface area contributed by atoms with E-state index in [1.807, 2.05) is 18.2 Å². The predicted octanol–water partition coefficient (Wildman–Crippen LogP) is 5.84. The average Bonchev–Trinajstić information content (AvgIpc) is 2.67. The van der Waals surface area contributed by atoms with Crippen molar-refractivity contribution in [1.82, 2.24) is 0 Å². The van der Waals surface area contributed by atoms with Crippen LogP contribution in [0.4, 0.5) is 0 Å². The second-order valence-corrected chi connectivity index (χ2v) is 10.4. The van der Waals surface area contributed by atoms with Gasteiger partial charge in [0.05, 0.1) is 7.11 Å². The van der Waals surface area contributed by atoms with E-state index in [4.69, 9.17) is 24.8 Å². The molecule has 4 rings (SSSR count). The average molecular weight is 381 g/mol. The van der Waals surface area contributed by atoms with E-state index in [9.17, 15) is 0 Å². The summed E-state index contributed by atoms with van der Waals surface area (Å²) in [5.41, 5.74) is 2.25. The third-order valence-corrected chi connectivity index (χ3v) is 6.92. The second-order valence-electron chi connectivity index (χ2n) is 5.91. The first-order chi connectivity index (χ1) is 12.2. The highest BCUT2D eigenvalue weighted by atomic mass is 35.7. The van der Waals surface area contributed by atoms with E-state index in [1.54, 1.807) is 7.11 Å². The molecule has 0 aromatic heterocycles. The van der Waals surface area contributed by atoms with Crippen LogP contribution in [-0.2, 0) is 0 Å². The SMILES string of the molecule is COc1ccc(-c2[c]([Al]([Cl])[Cl])c3ccccc3c3ccccc23)cc1. The molecule has 0 saturated heterocycles. The lowest BCUT2D eigenvalue weighted by molar-refractivity contribution is 0.415. The fourth-order valence-electron chi connectivity index (χ4n) is 3.46. The van der Waals surface area contributed by atoms with E-state index < -0.39 is 12.3 Å². The molecule has 0 aliphatic rings. The summed E-state index contributed by atoms with van der Waals surface area (Å²) in [6, 6.07) is 24.9. The summed E-state index contributed by atoms with van der Waals surface area (Å²) < 4.78 is 6.38. The normalized spacial score (nSPS) is 11.0. The molecule has 0 atom stereocenters. The molecule has 1 nitrogen and oxygen atoms in total. The maximum absolute atomic E-state index is 6.58. The van der Waals surface area contributed by atoms with Crippen molar-refractivity contribution in [3.8, 4) is 16.9 Å². The van der Waals surface area contributed by atoms with Gasteiger partial charge < -0.3 is 4.74 Å². The minimum atomic E-state index is -2.10. The second kappa shape index (κ2) is 6.90. The van der Waals surface area contributed by atoms with Crippen molar-refractivity contribution in [1.29, 1.82) is 0 Å². The number of halogens is 2. The van der Waals surface area contributed by atoms with Gasteiger partial charge in [-0.1, -0.05) is 65.1 Å². The van der Waals surface area contributed by atoms with Crippen molar-refractivity contribution >= 4 is 58.4 Å². The Kier molecular flexibility index (Phi) is 4.63. The third-order valence-electron chi connectivity index (χ3n) is 4.57. The molecule has 0 saturated carbocycles. The van der Waals surface area contributed by atoms with Gasteiger partial charge in [0.25, 0.3) is 0 Å². The number of benzene rings is 4. The van der Waals surface area contributed by atoms with Gasteiger partial charge in [-0.05, 0) is 44.8 Å². The van der Waals surface area contributed by atoms with Gasteiger partial charge in [-0.2, -0.15) is 0 Å². The number of fused-ring (bicyclic) bond motifs is 3. The standard InChI is InChI=1S/C21H15O.Al.2ClH/c1-22-17-12-10-15(11-13-17)21-14-16-6-2-3-7-18(16)19-8-4-5-9-20(19)21;;;/h2-13H,1H3;;2*1H/q;+2;;/p-2. The zero-order valence-corrected chi connectivity index (χ0v) is 16.3. The Hall–Kier alpha value is -1.69. The van der Waals surface area contributed by atoms with Crippen LogP contribution in [0.5, 0.6) is 5.75 Å². The van der Waals surface area contributed by atoms with Crippen LogP contribution in [0, 0.1) is 0 Å². The van der Waals surface area contributed by atoms with E-state index in [-0.39, 0.29) is 0 Å². The maximum atomic E-state index is 6.58. The lowest BCUT2D eigenvalue weighted by Gasteiger charge is -2.18. The van der Waals surface area contributed by atoms with Gasteiger partial charge in [-0.25, -0.2) is 20.1 Å². The van der Waals surface area contributed by atoms with Gasteiger partial charge in [0, 0.05) is 0 Å². The summed E-state index contributed by atoms with van der Waals surface area (Å²) in [5, 5.41) is 4.74. The highest BCUT2D eigenvalue weighted by Gasteiger charge is 2.25. The molecule has 0 radical (unpaired) electrons. The maximum Gasteiger partial charge on any atom is 0.556 e. The molecule has 25 heavy (non-hydrogen) atoms. The first-order valence-corrected chi connectivity index (χ1v) is 12.1.